The maximum Gasteiger partial charge on any atom is 0.225 e. The number of benzene rings is 1. The molecule has 5 heteroatoms. The molecular weight excluding hydrogens is 232 g/mol. The minimum atomic E-state index is -0.488. The van der Waals surface area contributed by atoms with Crippen molar-refractivity contribution in [3.05, 3.63) is 23.8 Å². The number of carbonyl (C=O) groups is 1. The van der Waals surface area contributed by atoms with Gasteiger partial charge in [-0.3, -0.25) is 4.79 Å². The average molecular weight is 248 g/mol. The molecule has 5 nitrogen and oxygen atoms in total. The van der Waals surface area contributed by atoms with Crippen molar-refractivity contribution in [1.29, 1.82) is 5.26 Å². The summed E-state index contributed by atoms with van der Waals surface area (Å²) in [5, 5.41) is 11.2. The largest absolute Gasteiger partial charge is 0.493 e. The van der Waals surface area contributed by atoms with E-state index in [2.05, 4.69) is 5.32 Å². The van der Waals surface area contributed by atoms with E-state index in [0.29, 0.717) is 11.5 Å². The first-order chi connectivity index (χ1) is 8.60. The Bertz CT molecular complexity index is 466. The SMILES string of the molecule is COc1ccc(CC(=O)NC(C)C#N)cc1OC. The number of nitrogens with one attached hydrogen (secondary N) is 1. The van der Waals surface area contributed by atoms with E-state index >= 15 is 0 Å². The van der Waals surface area contributed by atoms with Crippen LogP contribution in [0.25, 0.3) is 0 Å². The Hall–Kier alpha value is -2.22. The van der Waals surface area contributed by atoms with Gasteiger partial charge in [-0.1, -0.05) is 6.07 Å². The van der Waals surface area contributed by atoms with Gasteiger partial charge in [0, 0.05) is 0 Å². The Labute approximate surface area is 106 Å². The molecule has 0 saturated heterocycles. The molecule has 0 heterocycles. The molecule has 0 aliphatic rings. The van der Waals surface area contributed by atoms with Crippen molar-refractivity contribution in [2.75, 3.05) is 14.2 Å². The first kappa shape index (κ1) is 13.8. The maximum absolute atomic E-state index is 11.6. The van der Waals surface area contributed by atoms with Crippen LogP contribution >= 0.6 is 0 Å². The molecule has 96 valence electrons. The van der Waals surface area contributed by atoms with E-state index in [-0.39, 0.29) is 12.3 Å². The van der Waals surface area contributed by atoms with E-state index in [1.807, 2.05) is 6.07 Å². The van der Waals surface area contributed by atoms with E-state index in [0.717, 1.165) is 5.56 Å². The number of ether oxygens (including phenoxy) is 2. The standard InChI is InChI=1S/C13H16N2O3/c1-9(8-14)15-13(16)7-10-4-5-11(17-2)12(6-10)18-3/h4-6,9H,7H2,1-3H3,(H,15,16). The Morgan fingerprint density at radius 2 is 2.06 bits per heavy atom. The Balaban J connectivity index is 2.74. The molecule has 0 fully saturated rings. The number of hydrogen-bond donors (Lipinski definition) is 1. The van der Waals surface area contributed by atoms with Crippen molar-refractivity contribution in [2.24, 2.45) is 0 Å². The van der Waals surface area contributed by atoms with Crippen molar-refractivity contribution < 1.29 is 14.3 Å². The van der Waals surface area contributed by atoms with E-state index in [1.165, 1.54) is 0 Å². The van der Waals surface area contributed by atoms with Crippen molar-refractivity contribution >= 4 is 5.91 Å². The fourth-order valence-corrected chi connectivity index (χ4v) is 1.50. The normalized spacial score (nSPS) is 11.2. The molecule has 0 spiro atoms. The molecule has 1 rings (SSSR count). The first-order valence-corrected chi connectivity index (χ1v) is 5.50. The Morgan fingerprint density at radius 3 is 2.61 bits per heavy atom. The molecular formula is C13H16N2O3. The number of nitriles is 1. The van der Waals surface area contributed by atoms with Crippen LogP contribution in [0.1, 0.15) is 12.5 Å². The van der Waals surface area contributed by atoms with Gasteiger partial charge in [0.2, 0.25) is 5.91 Å². The lowest BCUT2D eigenvalue weighted by atomic mass is 10.1. The second-order valence-corrected chi connectivity index (χ2v) is 3.78. The summed E-state index contributed by atoms with van der Waals surface area (Å²) in [7, 11) is 3.10. The molecule has 0 aromatic heterocycles. The fourth-order valence-electron chi connectivity index (χ4n) is 1.50. The van der Waals surface area contributed by atoms with Crippen LogP contribution in [0.2, 0.25) is 0 Å². The summed E-state index contributed by atoms with van der Waals surface area (Å²) in [5.74, 6) is 0.999. The number of amides is 1. The van der Waals surface area contributed by atoms with Crippen LogP contribution in [0.5, 0.6) is 11.5 Å². The molecule has 0 bridgehead atoms. The van der Waals surface area contributed by atoms with Crippen molar-refractivity contribution in [1.82, 2.24) is 5.32 Å². The van der Waals surface area contributed by atoms with Gasteiger partial charge in [-0.15, -0.1) is 0 Å². The number of methoxy groups -OCH3 is 2. The predicted molar refractivity (Wildman–Crippen MR) is 66.5 cm³/mol. The minimum Gasteiger partial charge on any atom is -0.493 e. The predicted octanol–water partition coefficient (Wildman–Crippen LogP) is 1.27. The molecule has 0 aliphatic carbocycles. The highest BCUT2D eigenvalue weighted by Gasteiger charge is 2.10. The number of rotatable bonds is 5. The summed E-state index contributed by atoms with van der Waals surface area (Å²) in [4.78, 5) is 11.6. The lowest BCUT2D eigenvalue weighted by Gasteiger charge is -2.10. The second-order valence-electron chi connectivity index (χ2n) is 3.78. The highest BCUT2D eigenvalue weighted by molar-refractivity contribution is 5.79. The van der Waals surface area contributed by atoms with Crippen LogP contribution < -0.4 is 14.8 Å². The summed E-state index contributed by atoms with van der Waals surface area (Å²) >= 11 is 0. The van der Waals surface area contributed by atoms with Crippen LogP contribution in [0.15, 0.2) is 18.2 Å². The van der Waals surface area contributed by atoms with Gasteiger partial charge in [0.05, 0.1) is 26.7 Å². The molecule has 1 aromatic carbocycles. The molecule has 1 unspecified atom stereocenters. The topological polar surface area (TPSA) is 71.3 Å². The van der Waals surface area contributed by atoms with Crippen LogP contribution in [0.3, 0.4) is 0 Å². The zero-order valence-electron chi connectivity index (χ0n) is 10.7. The Morgan fingerprint density at radius 1 is 1.39 bits per heavy atom. The van der Waals surface area contributed by atoms with Gasteiger partial charge in [0.25, 0.3) is 0 Å². The quantitative estimate of drug-likeness (QED) is 0.852. The molecule has 0 radical (unpaired) electrons. The summed E-state index contributed by atoms with van der Waals surface area (Å²) in [6, 6.07) is 6.74. The van der Waals surface area contributed by atoms with Crippen LogP contribution in [-0.4, -0.2) is 26.2 Å². The number of hydrogen-bond acceptors (Lipinski definition) is 4. The zero-order valence-corrected chi connectivity index (χ0v) is 10.7. The molecule has 0 aliphatic heterocycles. The first-order valence-electron chi connectivity index (χ1n) is 5.50. The molecule has 0 saturated carbocycles. The molecule has 1 aromatic rings. The van der Waals surface area contributed by atoms with Gasteiger partial charge >= 0.3 is 0 Å². The third kappa shape index (κ3) is 3.67. The van der Waals surface area contributed by atoms with Gasteiger partial charge in [0.15, 0.2) is 11.5 Å². The van der Waals surface area contributed by atoms with Gasteiger partial charge in [-0.25, -0.2) is 0 Å². The van der Waals surface area contributed by atoms with Gasteiger partial charge in [0.1, 0.15) is 6.04 Å². The lowest BCUT2D eigenvalue weighted by Crippen LogP contribution is -2.32. The monoisotopic (exact) mass is 248 g/mol. The van der Waals surface area contributed by atoms with Crippen molar-refractivity contribution in [2.45, 2.75) is 19.4 Å². The average Bonchev–Trinajstić information content (AvgIpc) is 2.38. The molecule has 1 N–H and O–H groups in total. The number of nitrogens with zero attached hydrogens (tertiary/aromatic N) is 1. The maximum atomic E-state index is 11.6. The lowest BCUT2D eigenvalue weighted by molar-refractivity contribution is -0.120. The smallest absolute Gasteiger partial charge is 0.225 e. The molecule has 1 amide bonds. The summed E-state index contributed by atoms with van der Waals surface area (Å²) in [6.45, 7) is 1.63. The van der Waals surface area contributed by atoms with Crippen LogP contribution in [0, 0.1) is 11.3 Å². The van der Waals surface area contributed by atoms with Gasteiger partial charge < -0.3 is 14.8 Å². The number of carbonyl (C=O) groups excluding carboxylic acids is 1. The van der Waals surface area contributed by atoms with E-state index in [9.17, 15) is 4.79 Å². The highest BCUT2D eigenvalue weighted by Crippen LogP contribution is 2.27. The minimum absolute atomic E-state index is 0.198. The zero-order chi connectivity index (χ0) is 13.5. The third-order valence-corrected chi connectivity index (χ3v) is 2.38. The second kappa shape index (κ2) is 6.50. The molecule has 18 heavy (non-hydrogen) atoms. The van der Waals surface area contributed by atoms with Gasteiger partial charge in [-0.2, -0.15) is 5.26 Å². The summed E-state index contributed by atoms with van der Waals surface area (Å²) < 4.78 is 10.3. The summed E-state index contributed by atoms with van der Waals surface area (Å²) in [5.41, 5.74) is 0.801. The fraction of sp³-hybridized carbons (Fsp3) is 0.385. The molecule has 1 atom stereocenters. The highest BCUT2D eigenvalue weighted by atomic mass is 16.5. The van der Waals surface area contributed by atoms with Gasteiger partial charge in [-0.05, 0) is 24.6 Å². The van der Waals surface area contributed by atoms with Crippen molar-refractivity contribution in [3.8, 4) is 17.6 Å². The van der Waals surface area contributed by atoms with E-state index < -0.39 is 6.04 Å². The van der Waals surface area contributed by atoms with E-state index in [1.54, 1.807) is 39.3 Å². The third-order valence-electron chi connectivity index (χ3n) is 2.38. The van der Waals surface area contributed by atoms with Crippen molar-refractivity contribution in [3.63, 3.8) is 0 Å². The van der Waals surface area contributed by atoms with Crippen LogP contribution in [0.4, 0.5) is 0 Å². The Kier molecular flexibility index (Phi) is 5.00. The van der Waals surface area contributed by atoms with E-state index in [4.69, 9.17) is 14.7 Å². The summed E-state index contributed by atoms with van der Waals surface area (Å²) in [6.07, 6.45) is 0.201. The van der Waals surface area contributed by atoms with Crippen LogP contribution in [-0.2, 0) is 11.2 Å².